The number of halogens is 5. The van der Waals surface area contributed by atoms with Crippen LogP contribution in [-0.4, -0.2) is 25.4 Å². The Morgan fingerprint density at radius 1 is 1.20 bits per heavy atom. The minimum absolute atomic E-state index is 0.947. The van der Waals surface area contributed by atoms with Gasteiger partial charge in [-0.15, -0.1) is 0 Å². The number of rotatable bonds is 4. The summed E-state index contributed by atoms with van der Waals surface area (Å²) in [5, 5.41) is 0. The van der Waals surface area contributed by atoms with Crippen molar-refractivity contribution in [3.8, 4) is 0 Å². The maximum absolute atomic E-state index is 12.0. The van der Waals surface area contributed by atoms with Crippen LogP contribution in [0.1, 0.15) is 6.42 Å². The van der Waals surface area contributed by atoms with Crippen molar-refractivity contribution in [1.29, 1.82) is 0 Å². The second kappa shape index (κ2) is 3.73. The molecule has 0 aliphatic carbocycles. The van der Waals surface area contributed by atoms with Crippen molar-refractivity contribution in [2.75, 3.05) is 13.3 Å². The van der Waals surface area contributed by atoms with Gasteiger partial charge in [-0.2, -0.15) is 0 Å². The van der Waals surface area contributed by atoms with Crippen molar-refractivity contribution in [3.63, 3.8) is 0 Å². The molecule has 1 atom stereocenters. The summed E-state index contributed by atoms with van der Waals surface area (Å²) in [4.78, 5) is 0. The molecular formula is C5H7F5. The molecule has 0 rings (SSSR count). The minimum atomic E-state index is -4.02. The fourth-order valence-electron chi connectivity index (χ4n) is 0.391. The van der Waals surface area contributed by atoms with Gasteiger partial charge in [0.1, 0.15) is 0 Å². The van der Waals surface area contributed by atoms with Gasteiger partial charge in [-0.3, -0.25) is 4.39 Å². The molecule has 0 fully saturated rings. The topological polar surface area (TPSA) is 0 Å². The minimum Gasteiger partial charge on any atom is -0.251 e. The maximum atomic E-state index is 12.0. The lowest BCUT2D eigenvalue weighted by atomic mass is 10.2. The average molecular weight is 162 g/mol. The van der Waals surface area contributed by atoms with Crippen LogP contribution in [0.5, 0.6) is 0 Å². The summed E-state index contributed by atoms with van der Waals surface area (Å²) < 4.78 is 58.0. The molecule has 5 heteroatoms. The third-order valence-electron chi connectivity index (χ3n) is 0.999. The molecule has 0 nitrogen and oxygen atoms in total. The first-order valence-corrected chi connectivity index (χ1v) is 2.68. The molecular weight excluding hydrogens is 155 g/mol. The van der Waals surface area contributed by atoms with Crippen LogP contribution in [0.4, 0.5) is 22.0 Å². The maximum Gasteiger partial charge on any atom is 0.306 e. The zero-order valence-corrected chi connectivity index (χ0v) is 5.09. The molecule has 0 amide bonds. The van der Waals surface area contributed by atoms with Gasteiger partial charge in [-0.25, -0.2) is 17.6 Å². The lowest BCUT2D eigenvalue weighted by molar-refractivity contribution is -0.0914. The van der Waals surface area contributed by atoms with Crippen molar-refractivity contribution < 1.29 is 22.0 Å². The van der Waals surface area contributed by atoms with Crippen LogP contribution in [0.3, 0.4) is 0 Å². The van der Waals surface area contributed by atoms with Crippen molar-refractivity contribution >= 4 is 0 Å². The standard InChI is InChI=1S/C5H7F5/c6-2-1-4(8)5(9,10)3-7/h4H,1-3H2. The first kappa shape index (κ1) is 9.65. The highest BCUT2D eigenvalue weighted by Gasteiger charge is 2.39. The van der Waals surface area contributed by atoms with Gasteiger partial charge in [0.05, 0.1) is 6.67 Å². The summed E-state index contributed by atoms with van der Waals surface area (Å²) in [5.74, 6) is -4.02. The molecule has 0 radical (unpaired) electrons. The van der Waals surface area contributed by atoms with Crippen LogP contribution >= 0.6 is 0 Å². The fourth-order valence-corrected chi connectivity index (χ4v) is 0.391. The van der Waals surface area contributed by atoms with Crippen molar-refractivity contribution in [2.45, 2.75) is 18.5 Å². The molecule has 0 aliphatic heterocycles. The highest BCUT2D eigenvalue weighted by Crippen LogP contribution is 2.24. The first-order chi connectivity index (χ1) is 4.54. The third kappa shape index (κ3) is 2.49. The molecule has 0 spiro atoms. The quantitative estimate of drug-likeness (QED) is 0.556. The van der Waals surface area contributed by atoms with Gasteiger partial charge in [0, 0.05) is 6.42 Å². The zero-order chi connectivity index (χ0) is 8.20. The Labute approximate surface area is 55.0 Å². The fraction of sp³-hybridized carbons (Fsp3) is 1.00. The summed E-state index contributed by atoms with van der Waals surface area (Å²) in [6.45, 7) is -3.27. The Kier molecular flexibility index (Phi) is 3.60. The molecule has 0 bridgehead atoms. The monoisotopic (exact) mass is 162 g/mol. The van der Waals surface area contributed by atoms with Gasteiger partial charge < -0.3 is 0 Å². The van der Waals surface area contributed by atoms with Crippen LogP contribution in [-0.2, 0) is 0 Å². The van der Waals surface area contributed by atoms with E-state index in [4.69, 9.17) is 0 Å². The number of hydrogen-bond donors (Lipinski definition) is 0. The lowest BCUT2D eigenvalue weighted by Gasteiger charge is -2.15. The van der Waals surface area contributed by atoms with Gasteiger partial charge in [-0.1, -0.05) is 0 Å². The number of alkyl halides is 5. The van der Waals surface area contributed by atoms with Crippen LogP contribution in [0.2, 0.25) is 0 Å². The Hall–Kier alpha value is -0.350. The van der Waals surface area contributed by atoms with E-state index in [1.807, 2.05) is 0 Å². The van der Waals surface area contributed by atoms with Crippen LogP contribution in [0, 0.1) is 0 Å². The Morgan fingerprint density at radius 3 is 2.00 bits per heavy atom. The molecule has 0 aromatic carbocycles. The highest BCUT2D eigenvalue weighted by molar-refractivity contribution is 4.75. The van der Waals surface area contributed by atoms with E-state index in [9.17, 15) is 22.0 Å². The van der Waals surface area contributed by atoms with E-state index in [-0.39, 0.29) is 0 Å². The Balaban J connectivity index is 3.78. The molecule has 10 heavy (non-hydrogen) atoms. The van der Waals surface area contributed by atoms with E-state index in [0.29, 0.717) is 0 Å². The van der Waals surface area contributed by atoms with Gasteiger partial charge in [0.25, 0.3) is 0 Å². The first-order valence-electron chi connectivity index (χ1n) is 2.68. The Morgan fingerprint density at radius 2 is 1.70 bits per heavy atom. The molecule has 0 aromatic rings. The summed E-state index contributed by atoms with van der Waals surface area (Å²) >= 11 is 0. The smallest absolute Gasteiger partial charge is 0.251 e. The van der Waals surface area contributed by atoms with E-state index in [1.165, 1.54) is 0 Å². The molecule has 0 aromatic heterocycles. The van der Waals surface area contributed by atoms with Crippen molar-refractivity contribution in [3.05, 3.63) is 0 Å². The van der Waals surface area contributed by atoms with Crippen molar-refractivity contribution in [1.82, 2.24) is 0 Å². The van der Waals surface area contributed by atoms with Crippen LogP contribution in [0.15, 0.2) is 0 Å². The van der Waals surface area contributed by atoms with Crippen LogP contribution < -0.4 is 0 Å². The molecule has 62 valence electrons. The Bertz CT molecular complexity index is 92.0. The summed E-state index contributed by atoms with van der Waals surface area (Å²) in [5.41, 5.74) is 0. The molecule has 0 N–H and O–H groups in total. The lowest BCUT2D eigenvalue weighted by Crippen LogP contribution is -2.32. The molecule has 0 aliphatic rings. The predicted octanol–water partition coefficient (Wildman–Crippen LogP) is 2.29. The van der Waals surface area contributed by atoms with Gasteiger partial charge in [0.2, 0.25) is 0 Å². The highest BCUT2D eigenvalue weighted by atomic mass is 19.3. The third-order valence-corrected chi connectivity index (χ3v) is 0.999. The SMILES string of the molecule is FCCC(F)C(F)(F)CF. The van der Waals surface area contributed by atoms with Gasteiger partial charge in [0.15, 0.2) is 12.8 Å². The second-order valence-electron chi connectivity index (χ2n) is 1.84. The van der Waals surface area contributed by atoms with E-state index in [2.05, 4.69) is 0 Å². The molecule has 1 unspecified atom stereocenters. The molecule has 0 heterocycles. The van der Waals surface area contributed by atoms with Crippen molar-refractivity contribution in [2.24, 2.45) is 0 Å². The van der Waals surface area contributed by atoms with Crippen LogP contribution in [0.25, 0.3) is 0 Å². The van der Waals surface area contributed by atoms with E-state index in [1.54, 1.807) is 0 Å². The normalized spacial score (nSPS) is 15.3. The molecule has 0 saturated carbocycles. The predicted molar refractivity (Wildman–Crippen MR) is 26.4 cm³/mol. The summed E-state index contributed by atoms with van der Waals surface area (Å²) in [6, 6.07) is 0. The van der Waals surface area contributed by atoms with E-state index < -0.39 is 31.9 Å². The largest absolute Gasteiger partial charge is 0.306 e. The van der Waals surface area contributed by atoms with Gasteiger partial charge in [-0.05, 0) is 0 Å². The van der Waals surface area contributed by atoms with E-state index >= 15 is 0 Å². The molecule has 0 saturated heterocycles. The number of hydrogen-bond acceptors (Lipinski definition) is 0. The van der Waals surface area contributed by atoms with E-state index in [0.717, 1.165) is 0 Å². The zero-order valence-electron chi connectivity index (χ0n) is 5.09. The average Bonchev–Trinajstić information content (AvgIpc) is 1.89. The second-order valence-corrected chi connectivity index (χ2v) is 1.84. The van der Waals surface area contributed by atoms with Gasteiger partial charge >= 0.3 is 5.92 Å². The summed E-state index contributed by atoms with van der Waals surface area (Å²) in [6.07, 6.45) is -3.65. The summed E-state index contributed by atoms with van der Waals surface area (Å²) in [7, 11) is 0.